The zero-order valence-corrected chi connectivity index (χ0v) is 12.3. The highest BCUT2D eigenvalue weighted by Gasteiger charge is 2.21. The average molecular weight is 286 g/mol. The number of hydrogen-bond donors (Lipinski definition) is 2. The Kier molecular flexibility index (Phi) is 4.59. The summed E-state index contributed by atoms with van der Waals surface area (Å²) in [6.07, 6.45) is 4.69. The Hall–Kier alpha value is -0.920. The average Bonchev–Trinajstić information content (AvgIpc) is 2.81. The van der Waals surface area contributed by atoms with E-state index in [-0.39, 0.29) is 11.1 Å². The van der Waals surface area contributed by atoms with E-state index in [1.807, 2.05) is 18.4 Å². The lowest BCUT2D eigenvalue weighted by molar-refractivity contribution is 0.522. The molecule has 108 valence electrons. The smallest absolute Gasteiger partial charge is 0.259 e. The highest BCUT2D eigenvalue weighted by atomic mass is 32.2. The van der Waals surface area contributed by atoms with E-state index in [1.165, 1.54) is 0 Å². The molecule has 0 radical (unpaired) electrons. The van der Waals surface area contributed by atoms with Crippen molar-refractivity contribution in [3.8, 4) is 0 Å². The zero-order chi connectivity index (χ0) is 13.9. The van der Waals surface area contributed by atoms with E-state index in [0.717, 1.165) is 38.2 Å². The first-order valence-electron chi connectivity index (χ1n) is 6.82. The van der Waals surface area contributed by atoms with E-state index < -0.39 is 10.0 Å². The molecule has 1 atom stereocenters. The van der Waals surface area contributed by atoms with Crippen molar-refractivity contribution >= 4 is 10.0 Å². The van der Waals surface area contributed by atoms with Crippen LogP contribution in [0.5, 0.6) is 0 Å². The SMILES string of the molecule is CCN[C@H](C)CNS(=O)(=O)c1cn2c(n1)CCCC2. The van der Waals surface area contributed by atoms with Gasteiger partial charge < -0.3 is 9.88 Å². The lowest BCUT2D eigenvalue weighted by Crippen LogP contribution is -2.38. The standard InChI is InChI=1S/C12H22N4O2S/c1-3-13-10(2)8-14-19(17,18)12-9-16-7-5-4-6-11(16)15-12/h9-10,13-14H,3-8H2,1-2H3/t10-/m1/s1. The predicted molar refractivity (Wildman–Crippen MR) is 73.5 cm³/mol. The molecule has 7 heteroatoms. The molecule has 0 spiro atoms. The molecule has 0 saturated heterocycles. The summed E-state index contributed by atoms with van der Waals surface area (Å²) in [5.41, 5.74) is 0. The number of rotatable bonds is 6. The lowest BCUT2D eigenvalue weighted by Gasteiger charge is -2.12. The Morgan fingerprint density at radius 3 is 2.95 bits per heavy atom. The number of imidazole rings is 1. The number of likely N-dealkylation sites (N-methyl/N-ethyl adjacent to an activating group) is 1. The third kappa shape index (κ3) is 3.55. The Bertz CT molecular complexity index is 500. The largest absolute Gasteiger partial charge is 0.333 e. The van der Waals surface area contributed by atoms with Gasteiger partial charge in [0.1, 0.15) is 5.82 Å². The van der Waals surface area contributed by atoms with Gasteiger partial charge in [0.05, 0.1) is 0 Å². The molecular formula is C12H22N4O2S. The summed E-state index contributed by atoms with van der Waals surface area (Å²) in [4.78, 5) is 4.24. The lowest BCUT2D eigenvalue weighted by atomic mass is 10.2. The Morgan fingerprint density at radius 2 is 2.26 bits per heavy atom. The van der Waals surface area contributed by atoms with Gasteiger partial charge in [0, 0.05) is 31.7 Å². The summed E-state index contributed by atoms with van der Waals surface area (Å²) < 4.78 is 28.8. The third-order valence-electron chi connectivity index (χ3n) is 3.29. The van der Waals surface area contributed by atoms with Crippen molar-refractivity contribution in [3.63, 3.8) is 0 Å². The fourth-order valence-electron chi connectivity index (χ4n) is 2.25. The van der Waals surface area contributed by atoms with Crippen LogP contribution in [-0.4, -0.2) is 37.1 Å². The van der Waals surface area contributed by atoms with Crippen LogP contribution in [0.15, 0.2) is 11.2 Å². The summed E-state index contributed by atoms with van der Waals surface area (Å²) in [5.74, 6) is 0.881. The van der Waals surface area contributed by atoms with Gasteiger partial charge in [-0.15, -0.1) is 0 Å². The van der Waals surface area contributed by atoms with Gasteiger partial charge in [-0.3, -0.25) is 0 Å². The third-order valence-corrected chi connectivity index (χ3v) is 4.59. The van der Waals surface area contributed by atoms with Gasteiger partial charge in [0.2, 0.25) is 0 Å². The summed E-state index contributed by atoms with van der Waals surface area (Å²) in [7, 11) is -3.49. The number of sulfonamides is 1. The van der Waals surface area contributed by atoms with E-state index in [2.05, 4.69) is 15.0 Å². The van der Waals surface area contributed by atoms with Crippen LogP contribution in [0.2, 0.25) is 0 Å². The van der Waals surface area contributed by atoms with Crippen LogP contribution in [0.1, 0.15) is 32.5 Å². The van der Waals surface area contributed by atoms with Crippen LogP contribution in [-0.2, 0) is 23.0 Å². The second kappa shape index (κ2) is 6.02. The van der Waals surface area contributed by atoms with Gasteiger partial charge in [-0.05, 0) is 26.3 Å². The van der Waals surface area contributed by atoms with Crippen molar-refractivity contribution < 1.29 is 8.42 Å². The van der Waals surface area contributed by atoms with Gasteiger partial charge in [-0.1, -0.05) is 6.92 Å². The molecule has 0 unspecified atom stereocenters. The van der Waals surface area contributed by atoms with Crippen LogP contribution >= 0.6 is 0 Å². The van der Waals surface area contributed by atoms with E-state index in [1.54, 1.807) is 6.20 Å². The Morgan fingerprint density at radius 1 is 1.47 bits per heavy atom. The van der Waals surface area contributed by atoms with Crippen LogP contribution in [0.3, 0.4) is 0 Å². The quantitative estimate of drug-likeness (QED) is 0.798. The normalized spacial score (nSPS) is 17.2. The molecule has 1 aliphatic rings. The van der Waals surface area contributed by atoms with Crippen molar-refractivity contribution in [2.45, 2.75) is 50.7 Å². The van der Waals surface area contributed by atoms with Gasteiger partial charge in [-0.25, -0.2) is 18.1 Å². The molecule has 2 N–H and O–H groups in total. The van der Waals surface area contributed by atoms with Crippen LogP contribution in [0, 0.1) is 0 Å². The molecule has 1 aromatic rings. The fraction of sp³-hybridized carbons (Fsp3) is 0.750. The molecule has 0 saturated carbocycles. The molecule has 2 heterocycles. The second-order valence-corrected chi connectivity index (χ2v) is 6.67. The molecule has 0 fully saturated rings. The minimum absolute atomic E-state index is 0.108. The molecule has 0 bridgehead atoms. The van der Waals surface area contributed by atoms with E-state index >= 15 is 0 Å². The molecule has 2 rings (SSSR count). The number of fused-ring (bicyclic) bond motifs is 1. The molecule has 0 aromatic carbocycles. The van der Waals surface area contributed by atoms with E-state index in [0.29, 0.717) is 6.54 Å². The van der Waals surface area contributed by atoms with Gasteiger partial charge >= 0.3 is 0 Å². The molecule has 6 nitrogen and oxygen atoms in total. The molecule has 1 aliphatic heterocycles. The Labute approximate surface area is 114 Å². The maximum Gasteiger partial charge on any atom is 0.259 e. The minimum Gasteiger partial charge on any atom is -0.333 e. The van der Waals surface area contributed by atoms with Crippen LogP contribution < -0.4 is 10.0 Å². The summed E-state index contributed by atoms with van der Waals surface area (Å²) >= 11 is 0. The van der Waals surface area contributed by atoms with Crippen molar-refractivity contribution in [3.05, 3.63) is 12.0 Å². The van der Waals surface area contributed by atoms with Crippen LogP contribution in [0.4, 0.5) is 0 Å². The van der Waals surface area contributed by atoms with E-state index in [9.17, 15) is 8.42 Å². The number of nitrogens with zero attached hydrogens (tertiary/aromatic N) is 2. The summed E-state index contributed by atoms with van der Waals surface area (Å²) in [6, 6.07) is 0.108. The van der Waals surface area contributed by atoms with Gasteiger partial charge in [0.15, 0.2) is 5.03 Å². The molecule has 19 heavy (non-hydrogen) atoms. The van der Waals surface area contributed by atoms with Gasteiger partial charge in [0.25, 0.3) is 10.0 Å². The monoisotopic (exact) mass is 286 g/mol. The first-order chi connectivity index (χ1) is 9.03. The molecule has 1 aromatic heterocycles. The zero-order valence-electron chi connectivity index (χ0n) is 11.5. The first kappa shape index (κ1) is 14.5. The number of aryl methyl sites for hydroxylation is 2. The topological polar surface area (TPSA) is 76.0 Å². The Balaban J connectivity index is 2.05. The minimum atomic E-state index is -3.49. The van der Waals surface area contributed by atoms with E-state index in [4.69, 9.17) is 0 Å². The number of nitrogens with one attached hydrogen (secondary N) is 2. The van der Waals surface area contributed by atoms with Gasteiger partial charge in [-0.2, -0.15) is 0 Å². The van der Waals surface area contributed by atoms with Crippen molar-refractivity contribution in [1.29, 1.82) is 0 Å². The summed E-state index contributed by atoms with van der Waals surface area (Å²) in [6.45, 7) is 6.00. The number of hydrogen-bond acceptors (Lipinski definition) is 4. The van der Waals surface area contributed by atoms with Crippen molar-refractivity contribution in [2.75, 3.05) is 13.1 Å². The van der Waals surface area contributed by atoms with Crippen molar-refractivity contribution in [2.24, 2.45) is 0 Å². The highest BCUT2D eigenvalue weighted by Crippen LogP contribution is 2.17. The van der Waals surface area contributed by atoms with Crippen molar-refractivity contribution in [1.82, 2.24) is 19.6 Å². The fourth-order valence-corrected chi connectivity index (χ4v) is 3.35. The first-order valence-corrected chi connectivity index (χ1v) is 8.30. The molecule has 0 aliphatic carbocycles. The maximum absolute atomic E-state index is 12.1. The molecular weight excluding hydrogens is 264 g/mol. The second-order valence-electron chi connectivity index (χ2n) is 4.96. The number of aromatic nitrogens is 2. The molecule has 0 amide bonds. The van der Waals surface area contributed by atoms with Crippen LogP contribution in [0.25, 0.3) is 0 Å². The highest BCUT2D eigenvalue weighted by molar-refractivity contribution is 7.89. The summed E-state index contributed by atoms with van der Waals surface area (Å²) in [5, 5.41) is 3.31. The maximum atomic E-state index is 12.1. The predicted octanol–water partition coefficient (Wildman–Crippen LogP) is 0.496.